The molecule has 2 aromatic carbocycles. The van der Waals surface area contributed by atoms with Gasteiger partial charge in [-0.3, -0.25) is 20.6 Å². The predicted octanol–water partition coefficient (Wildman–Crippen LogP) is 3.36. The van der Waals surface area contributed by atoms with E-state index in [0.717, 1.165) is 11.1 Å². The van der Waals surface area contributed by atoms with Crippen LogP contribution in [0.4, 0.5) is 5.82 Å². The largest absolute Gasteiger partial charge is 0.288 e. The lowest BCUT2D eigenvalue weighted by Gasteiger charge is -2.12. The minimum atomic E-state index is -0.375. The minimum Gasteiger partial charge on any atom is -0.280 e. The summed E-state index contributed by atoms with van der Waals surface area (Å²) >= 11 is 0. The first kappa shape index (κ1) is 17.3. The van der Waals surface area contributed by atoms with Crippen LogP contribution in [0.15, 0.2) is 85.1 Å². The highest BCUT2D eigenvalue weighted by Gasteiger charge is 2.14. The first-order valence-corrected chi connectivity index (χ1v) is 8.64. The van der Waals surface area contributed by atoms with E-state index >= 15 is 0 Å². The van der Waals surface area contributed by atoms with E-state index < -0.39 is 0 Å². The molecule has 0 atom stereocenters. The van der Waals surface area contributed by atoms with E-state index in [-0.39, 0.29) is 5.91 Å². The standard InChI is InChI=1S/C21H16N6O/c28-21(17-13-7-8-14-22-17)27-26-20-18(15-9-3-1-4-10-15)24-25-19(23-20)16-11-5-2-6-12-16/h1-14H,(H,27,28)(H,23,25,26). The first-order valence-electron chi connectivity index (χ1n) is 8.64. The maximum atomic E-state index is 12.3. The third kappa shape index (κ3) is 3.83. The van der Waals surface area contributed by atoms with Crippen molar-refractivity contribution in [3.8, 4) is 22.6 Å². The molecule has 7 nitrogen and oxygen atoms in total. The van der Waals surface area contributed by atoms with E-state index in [4.69, 9.17) is 0 Å². The van der Waals surface area contributed by atoms with Gasteiger partial charge in [0.1, 0.15) is 11.4 Å². The number of hydrazine groups is 1. The molecule has 4 rings (SSSR count). The normalized spacial score (nSPS) is 10.3. The molecule has 0 aliphatic heterocycles. The van der Waals surface area contributed by atoms with Crippen LogP contribution in [-0.2, 0) is 0 Å². The number of hydrogen-bond acceptors (Lipinski definition) is 6. The molecule has 136 valence electrons. The SMILES string of the molecule is O=C(NNc1nc(-c2ccccc2)nnc1-c1ccccc1)c1ccccn1. The quantitative estimate of drug-likeness (QED) is 0.525. The number of rotatable bonds is 5. The summed E-state index contributed by atoms with van der Waals surface area (Å²) in [5.41, 5.74) is 7.97. The number of hydrogen-bond donors (Lipinski definition) is 2. The number of amides is 1. The van der Waals surface area contributed by atoms with Crippen molar-refractivity contribution >= 4 is 11.7 Å². The van der Waals surface area contributed by atoms with Crippen LogP contribution in [0, 0.1) is 0 Å². The average Bonchev–Trinajstić information content (AvgIpc) is 2.79. The van der Waals surface area contributed by atoms with Gasteiger partial charge in [0.15, 0.2) is 11.6 Å². The zero-order valence-corrected chi connectivity index (χ0v) is 14.8. The van der Waals surface area contributed by atoms with Crippen LogP contribution in [0.2, 0.25) is 0 Å². The summed E-state index contributed by atoms with van der Waals surface area (Å²) in [6, 6.07) is 24.2. The Labute approximate surface area is 161 Å². The molecule has 0 aliphatic rings. The Morgan fingerprint density at radius 1 is 0.750 bits per heavy atom. The number of carbonyl (C=O) groups is 1. The number of nitrogens with zero attached hydrogens (tertiary/aromatic N) is 4. The van der Waals surface area contributed by atoms with Gasteiger partial charge in [0.2, 0.25) is 0 Å². The van der Waals surface area contributed by atoms with Crippen molar-refractivity contribution in [3.63, 3.8) is 0 Å². The third-order valence-corrected chi connectivity index (χ3v) is 3.96. The van der Waals surface area contributed by atoms with Gasteiger partial charge >= 0.3 is 0 Å². The molecular formula is C21H16N6O. The van der Waals surface area contributed by atoms with Gasteiger partial charge in [-0.25, -0.2) is 4.98 Å². The van der Waals surface area contributed by atoms with Crippen molar-refractivity contribution in [3.05, 3.63) is 90.8 Å². The highest BCUT2D eigenvalue weighted by Crippen LogP contribution is 2.25. The molecular weight excluding hydrogens is 352 g/mol. The van der Waals surface area contributed by atoms with E-state index in [1.165, 1.54) is 0 Å². The second kappa shape index (κ2) is 8.05. The lowest BCUT2D eigenvalue weighted by Crippen LogP contribution is -2.31. The van der Waals surface area contributed by atoms with Gasteiger partial charge in [0.25, 0.3) is 5.91 Å². The molecule has 0 fully saturated rings. The van der Waals surface area contributed by atoms with Gasteiger partial charge < -0.3 is 0 Å². The number of nitrogens with one attached hydrogen (secondary N) is 2. The lowest BCUT2D eigenvalue weighted by molar-refractivity contribution is 0.0957. The molecule has 1 amide bonds. The Hall–Kier alpha value is -4.13. The van der Waals surface area contributed by atoms with Crippen LogP contribution in [0.3, 0.4) is 0 Å². The lowest BCUT2D eigenvalue weighted by atomic mass is 10.1. The number of carbonyl (C=O) groups excluding carboxylic acids is 1. The zero-order valence-electron chi connectivity index (χ0n) is 14.8. The van der Waals surface area contributed by atoms with Gasteiger partial charge in [-0.1, -0.05) is 66.7 Å². The maximum Gasteiger partial charge on any atom is 0.288 e. The second-order valence-electron chi connectivity index (χ2n) is 5.86. The summed E-state index contributed by atoms with van der Waals surface area (Å²) in [7, 11) is 0. The van der Waals surface area contributed by atoms with Gasteiger partial charge in [-0.05, 0) is 12.1 Å². The van der Waals surface area contributed by atoms with Gasteiger partial charge in [-0.2, -0.15) is 0 Å². The monoisotopic (exact) mass is 368 g/mol. The Morgan fingerprint density at radius 2 is 1.43 bits per heavy atom. The molecule has 7 heteroatoms. The molecule has 0 saturated heterocycles. The smallest absolute Gasteiger partial charge is 0.280 e. The molecule has 0 radical (unpaired) electrons. The molecule has 4 aromatic rings. The number of benzene rings is 2. The fourth-order valence-electron chi connectivity index (χ4n) is 2.59. The van der Waals surface area contributed by atoms with E-state index in [1.807, 2.05) is 60.7 Å². The van der Waals surface area contributed by atoms with E-state index in [2.05, 4.69) is 31.0 Å². The zero-order chi connectivity index (χ0) is 19.2. The first-order chi connectivity index (χ1) is 13.8. The van der Waals surface area contributed by atoms with Crippen LogP contribution in [0.25, 0.3) is 22.6 Å². The van der Waals surface area contributed by atoms with Crippen molar-refractivity contribution in [2.75, 3.05) is 5.43 Å². The van der Waals surface area contributed by atoms with Gasteiger partial charge in [-0.15, -0.1) is 10.2 Å². The summed E-state index contributed by atoms with van der Waals surface area (Å²) in [5.74, 6) is 0.471. The molecule has 2 heterocycles. The predicted molar refractivity (Wildman–Crippen MR) is 106 cm³/mol. The Kier molecular flexibility index (Phi) is 4.97. The molecule has 0 saturated carbocycles. The van der Waals surface area contributed by atoms with E-state index in [1.54, 1.807) is 24.4 Å². The second-order valence-corrected chi connectivity index (χ2v) is 5.86. The Bertz CT molecular complexity index is 1070. The van der Waals surface area contributed by atoms with E-state index in [9.17, 15) is 4.79 Å². The highest BCUT2D eigenvalue weighted by atomic mass is 16.2. The summed E-state index contributed by atoms with van der Waals surface area (Å²) in [6.07, 6.45) is 1.56. The number of anilines is 1. The minimum absolute atomic E-state index is 0.293. The average molecular weight is 368 g/mol. The fraction of sp³-hybridized carbons (Fsp3) is 0. The summed E-state index contributed by atoms with van der Waals surface area (Å²) < 4.78 is 0. The van der Waals surface area contributed by atoms with Gasteiger partial charge in [0, 0.05) is 17.3 Å². The fourth-order valence-corrected chi connectivity index (χ4v) is 2.59. The molecule has 0 spiro atoms. The maximum absolute atomic E-state index is 12.3. The molecule has 2 N–H and O–H groups in total. The summed E-state index contributed by atoms with van der Waals surface area (Å²) in [6.45, 7) is 0. The highest BCUT2D eigenvalue weighted by molar-refractivity contribution is 5.93. The molecule has 0 aliphatic carbocycles. The van der Waals surface area contributed by atoms with E-state index in [0.29, 0.717) is 23.0 Å². The number of pyridine rings is 1. The molecule has 0 unspecified atom stereocenters. The van der Waals surface area contributed by atoms with Crippen LogP contribution < -0.4 is 10.9 Å². The Morgan fingerprint density at radius 3 is 2.11 bits per heavy atom. The van der Waals surface area contributed by atoms with Crippen molar-refractivity contribution in [1.29, 1.82) is 0 Å². The Balaban J connectivity index is 1.67. The van der Waals surface area contributed by atoms with Crippen LogP contribution in [0.5, 0.6) is 0 Å². The van der Waals surface area contributed by atoms with Crippen molar-refractivity contribution in [1.82, 2.24) is 25.6 Å². The van der Waals surface area contributed by atoms with Crippen molar-refractivity contribution in [2.45, 2.75) is 0 Å². The summed E-state index contributed by atoms with van der Waals surface area (Å²) in [4.78, 5) is 20.9. The third-order valence-electron chi connectivity index (χ3n) is 3.96. The summed E-state index contributed by atoms with van der Waals surface area (Å²) in [5, 5.41) is 8.58. The number of aromatic nitrogens is 4. The topological polar surface area (TPSA) is 92.7 Å². The molecule has 28 heavy (non-hydrogen) atoms. The van der Waals surface area contributed by atoms with Crippen molar-refractivity contribution in [2.24, 2.45) is 0 Å². The van der Waals surface area contributed by atoms with Crippen LogP contribution in [0.1, 0.15) is 10.5 Å². The van der Waals surface area contributed by atoms with Gasteiger partial charge in [0.05, 0.1) is 0 Å². The van der Waals surface area contributed by atoms with Crippen molar-refractivity contribution < 1.29 is 4.79 Å². The van der Waals surface area contributed by atoms with Crippen LogP contribution in [-0.4, -0.2) is 26.1 Å². The molecule has 0 bridgehead atoms. The van der Waals surface area contributed by atoms with Crippen LogP contribution >= 0.6 is 0 Å². The molecule has 2 aromatic heterocycles.